The van der Waals surface area contributed by atoms with Gasteiger partial charge in [0, 0.05) is 18.5 Å². The molecule has 0 aromatic heterocycles. The van der Waals surface area contributed by atoms with Crippen molar-refractivity contribution < 1.29 is 9.90 Å². The zero-order valence-electron chi connectivity index (χ0n) is 11.3. The standard InChI is InChI=1S/C16H21NO2/c1-17-12-8-5-9-13(17)15(14(18)10-12)16(19)11-6-3-2-4-7-11/h2-4,6-7,12-13,15-16,19H,5,8-10H2,1H3/t12-,13+,15+,16-/m0/s1. The molecule has 0 unspecified atom stereocenters. The third kappa shape index (κ3) is 2.21. The summed E-state index contributed by atoms with van der Waals surface area (Å²) in [6.45, 7) is 0. The lowest BCUT2D eigenvalue weighted by Crippen LogP contribution is -2.56. The number of piperidine rings is 2. The van der Waals surface area contributed by atoms with Crippen LogP contribution in [0.15, 0.2) is 30.3 Å². The molecule has 0 aliphatic carbocycles. The van der Waals surface area contributed by atoms with E-state index in [0.29, 0.717) is 12.5 Å². The molecule has 2 heterocycles. The molecule has 19 heavy (non-hydrogen) atoms. The second-order valence-corrected chi connectivity index (χ2v) is 5.87. The molecule has 2 fully saturated rings. The SMILES string of the molecule is CN1[C@H]2CCC[C@@H]1[C@@H]([C@@H](O)c1ccccc1)C(=O)C2. The number of hydrogen-bond donors (Lipinski definition) is 1. The largest absolute Gasteiger partial charge is 0.388 e. The highest BCUT2D eigenvalue weighted by molar-refractivity contribution is 5.84. The predicted octanol–water partition coefficient (Wildman–Crippen LogP) is 2.16. The first-order chi connectivity index (χ1) is 9.18. The van der Waals surface area contributed by atoms with Gasteiger partial charge in [0.05, 0.1) is 12.0 Å². The highest BCUT2D eigenvalue weighted by atomic mass is 16.3. The van der Waals surface area contributed by atoms with Crippen LogP contribution in [0.1, 0.15) is 37.4 Å². The first-order valence-electron chi connectivity index (χ1n) is 7.16. The van der Waals surface area contributed by atoms with Crippen LogP contribution in [0.3, 0.4) is 0 Å². The minimum Gasteiger partial charge on any atom is -0.388 e. The maximum Gasteiger partial charge on any atom is 0.142 e. The fourth-order valence-corrected chi connectivity index (χ4v) is 3.75. The summed E-state index contributed by atoms with van der Waals surface area (Å²) < 4.78 is 0. The number of benzene rings is 1. The number of hydrogen-bond acceptors (Lipinski definition) is 3. The minimum absolute atomic E-state index is 0.204. The second kappa shape index (κ2) is 5.06. The van der Waals surface area contributed by atoms with Gasteiger partial charge < -0.3 is 5.11 Å². The molecule has 1 aromatic rings. The summed E-state index contributed by atoms with van der Waals surface area (Å²) in [7, 11) is 2.10. The second-order valence-electron chi connectivity index (χ2n) is 5.87. The van der Waals surface area contributed by atoms with Crippen molar-refractivity contribution in [2.24, 2.45) is 5.92 Å². The Bertz CT molecular complexity index is 459. The number of rotatable bonds is 2. The number of fused-ring (bicyclic) bond motifs is 2. The smallest absolute Gasteiger partial charge is 0.142 e. The summed E-state index contributed by atoms with van der Waals surface area (Å²) >= 11 is 0. The lowest BCUT2D eigenvalue weighted by Gasteiger charge is -2.48. The molecule has 0 radical (unpaired) electrons. The third-order valence-corrected chi connectivity index (χ3v) is 4.84. The molecule has 2 aliphatic heterocycles. The van der Waals surface area contributed by atoms with Crippen LogP contribution in [-0.4, -0.2) is 34.9 Å². The van der Waals surface area contributed by atoms with Crippen molar-refractivity contribution in [2.45, 2.75) is 43.9 Å². The molecule has 0 spiro atoms. The zero-order chi connectivity index (χ0) is 13.4. The fourth-order valence-electron chi connectivity index (χ4n) is 3.75. The van der Waals surface area contributed by atoms with Crippen LogP contribution in [0.25, 0.3) is 0 Å². The van der Waals surface area contributed by atoms with Crippen molar-refractivity contribution in [2.75, 3.05) is 7.05 Å². The van der Waals surface area contributed by atoms with Crippen LogP contribution in [-0.2, 0) is 4.79 Å². The molecule has 2 aliphatic rings. The van der Waals surface area contributed by atoms with E-state index in [-0.39, 0.29) is 17.7 Å². The van der Waals surface area contributed by atoms with Gasteiger partial charge in [0.15, 0.2) is 0 Å². The molecule has 2 saturated heterocycles. The van der Waals surface area contributed by atoms with Crippen LogP contribution in [0.2, 0.25) is 0 Å². The van der Waals surface area contributed by atoms with E-state index in [0.717, 1.165) is 18.4 Å². The van der Waals surface area contributed by atoms with Crippen molar-refractivity contribution in [1.29, 1.82) is 0 Å². The number of carbonyl (C=O) groups excluding carboxylic acids is 1. The maximum absolute atomic E-state index is 12.4. The molecule has 1 aromatic carbocycles. The Labute approximate surface area is 114 Å². The Morgan fingerprint density at radius 3 is 2.74 bits per heavy atom. The van der Waals surface area contributed by atoms with Gasteiger partial charge in [-0.05, 0) is 25.5 Å². The van der Waals surface area contributed by atoms with Crippen molar-refractivity contribution >= 4 is 5.78 Å². The number of ketones is 1. The van der Waals surface area contributed by atoms with Crippen molar-refractivity contribution in [3.05, 3.63) is 35.9 Å². The highest BCUT2D eigenvalue weighted by Gasteiger charge is 2.45. The van der Waals surface area contributed by atoms with Crippen molar-refractivity contribution in [3.8, 4) is 0 Å². The van der Waals surface area contributed by atoms with Crippen LogP contribution in [0.5, 0.6) is 0 Å². The van der Waals surface area contributed by atoms with Crippen molar-refractivity contribution in [1.82, 2.24) is 4.90 Å². The third-order valence-electron chi connectivity index (χ3n) is 4.84. The molecule has 3 rings (SSSR count). The van der Waals surface area contributed by atoms with E-state index in [4.69, 9.17) is 0 Å². The molecule has 4 atom stereocenters. The summed E-state index contributed by atoms with van der Waals surface area (Å²) in [5.74, 6) is -0.0203. The topological polar surface area (TPSA) is 40.5 Å². The lowest BCUT2D eigenvalue weighted by atomic mass is 9.73. The number of carbonyl (C=O) groups is 1. The average molecular weight is 259 g/mol. The Balaban J connectivity index is 1.88. The van der Waals surface area contributed by atoms with Gasteiger partial charge >= 0.3 is 0 Å². The van der Waals surface area contributed by atoms with Gasteiger partial charge in [-0.2, -0.15) is 0 Å². The molecule has 2 bridgehead atoms. The van der Waals surface area contributed by atoms with Gasteiger partial charge in [-0.25, -0.2) is 0 Å². The molecule has 3 nitrogen and oxygen atoms in total. The molecule has 1 N–H and O–H groups in total. The predicted molar refractivity (Wildman–Crippen MR) is 73.7 cm³/mol. The lowest BCUT2D eigenvalue weighted by molar-refractivity contribution is -0.140. The monoisotopic (exact) mass is 259 g/mol. The van der Waals surface area contributed by atoms with Crippen LogP contribution in [0.4, 0.5) is 0 Å². The van der Waals surface area contributed by atoms with Gasteiger partial charge in [0.2, 0.25) is 0 Å². The first-order valence-corrected chi connectivity index (χ1v) is 7.16. The Morgan fingerprint density at radius 2 is 2.00 bits per heavy atom. The molecular formula is C16H21NO2. The van der Waals surface area contributed by atoms with Crippen LogP contribution < -0.4 is 0 Å². The Hall–Kier alpha value is -1.19. The number of nitrogens with zero attached hydrogens (tertiary/aromatic N) is 1. The fraction of sp³-hybridized carbons (Fsp3) is 0.562. The Kier molecular flexibility index (Phi) is 3.42. The summed E-state index contributed by atoms with van der Waals surface area (Å²) in [6, 6.07) is 10.2. The Morgan fingerprint density at radius 1 is 1.26 bits per heavy atom. The van der Waals surface area contributed by atoms with E-state index in [2.05, 4.69) is 11.9 Å². The van der Waals surface area contributed by atoms with Crippen LogP contribution in [0, 0.1) is 5.92 Å². The van der Waals surface area contributed by atoms with Gasteiger partial charge in [-0.3, -0.25) is 9.69 Å². The van der Waals surface area contributed by atoms with E-state index < -0.39 is 6.10 Å². The van der Waals surface area contributed by atoms with Crippen LogP contribution >= 0.6 is 0 Å². The van der Waals surface area contributed by atoms with Gasteiger partial charge in [0.25, 0.3) is 0 Å². The molecule has 3 heteroatoms. The normalized spacial score (nSPS) is 33.2. The van der Waals surface area contributed by atoms with Gasteiger partial charge in [-0.15, -0.1) is 0 Å². The number of Topliss-reactive ketones (excluding diaryl/α,β-unsaturated/α-hetero) is 1. The number of aliphatic hydroxyl groups is 1. The quantitative estimate of drug-likeness (QED) is 0.885. The van der Waals surface area contributed by atoms with Gasteiger partial charge in [0.1, 0.15) is 5.78 Å². The summed E-state index contributed by atoms with van der Waals surface area (Å²) in [4.78, 5) is 14.7. The highest BCUT2D eigenvalue weighted by Crippen LogP contribution is 2.40. The van der Waals surface area contributed by atoms with E-state index in [1.54, 1.807) is 0 Å². The van der Waals surface area contributed by atoms with E-state index >= 15 is 0 Å². The first kappa shape index (κ1) is 12.8. The molecule has 0 saturated carbocycles. The van der Waals surface area contributed by atoms with E-state index in [1.807, 2.05) is 30.3 Å². The average Bonchev–Trinajstić information content (AvgIpc) is 2.41. The minimum atomic E-state index is -0.666. The van der Waals surface area contributed by atoms with E-state index in [1.165, 1.54) is 6.42 Å². The molecule has 0 amide bonds. The zero-order valence-corrected chi connectivity index (χ0v) is 11.3. The summed E-state index contributed by atoms with van der Waals surface area (Å²) in [6.07, 6.45) is 3.24. The maximum atomic E-state index is 12.4. The summed E-state index contributed by atoms with van der Waals surface area (Å²) in [5, 5.41) is 10.6. The van der Waals surface area contributed by atoms with Crippen molar-refractivity contribution in [3.63, 3.8) is 0 Å². The number of aliphatic hydroxyl groups excluding tert-OH is 1. The molecule has 102 valence electrons. The summed E-state index contributed by atoms with van der Waals surface area (Å²) in [5.41, 5.74) is 0.860. The van der Waals surface area contributed by atoms with Gasteiger partial charge in [-0.1, -0.05) is 36.8 Å². The van der Waals surface area contributed by atoms with E-state index in [9.17, 15) is 9.90 Å². The molecular weight excluding hydrogens is 238 g/mol.